The molecule has 3 N–H and O–H groups in total. The van der Waals surface area contributed by atoms with Crippen molar-refractivity contribution in [3.63, 3.8) is 0 Å². The fourth-order valence-electron chi connectivity index (χ4n) is 1.15. The Bertz CT molecular complexity index is 455. The number of aromatic nitrogens is 2. The van der Waals surface area contributed by atoms with Crippen LogP contribution in [0.1, 0.15) is 0 Å². The van der Waals surface area contributed by atoms with Crippen LogP contribution in [-0.2, 0) is 0 Å². The highest BCUT2D eigenvalue weighted by Crippen LogP contribution is 2.26. The molecule has 2 aromatic rings. The maximum atomic E-state index is 5.29. The molecule has 0 aliphatic rings. The third-order valence-corrected chi connectivity index (χ3v) is 1.79. The van der Waals surface area contributed by atoms with Gasteiger partial charge in [0.25, 0.3) is 0 Å². The number of nitrogens with zero attached hydrogens (tertiary/aromatic N) is 2. The fourth-order valence-corrected chi connectivity index (χ4v) is 1.15. The number of rotatable bonds is 3. The van der Waals surface area contributed by atoms with Crippen LogP contribution < -0.4 is 15.8 Å². The zero-order valence-electron chi connectivity index (χ0n) is 8.10. The quantitative estimate of drug-likeness (QED) is 0.789. The average Bonchev–Trinajstić information content (AvgIpc) is 2.65. The van der Waals surface area contributed by atoms with Gasteiger partial charge in [-0.15, -0.1) is 0 Å². The second-order valence-corrected chi connectivity index (χ2v) is 2.77. The SMILES string of the molecule is COc1ccccc1Nc1nnc(N)o1. The Morgan fingerprint density at radius 3 is 2.80 bits per heavy atom. The van der Waals surface area contributed by atoms with Gasteiger partial charge in [0, 0.05) is 0 Å². The van der Waals surface area contributed by atoms with Gasteiger partial charge in [-0.1, -0.05) is 22.3 Å². The van der Waals surface area contributed by atoms with Crippen LogP contribution in [0.15, 0.2) is 28.7 Å². The zero-order valence-corrected chi connectivity index (χ0v) is 8.10. The first-order chi connectivity index (χ1) is 7.29. The first-order valence-electron chi connectivity index (χ1n) is 4.28. The van der Waals surface area contributed by atoms with Crippen molar-refractivity contribution in [2.24, 2.45) is 0 Å². The number of nitrogen functional groups attached to an aromatic ring is 1. The lowest BCUT2D eigenvalue weighted by molar-refractivity contribution is 0.416. The molecule has 0 saturated heterocycles. The van der Waals surface area contributed by atoms with Crippen LogP contribution in [-0.4, -0.2) is 17.3 Å². The normalized spacial score (nSPS) is 9.93. The molecule has 1 heterocycles. The van der Waals surface area contributed by atoms with Gasteiger partial charge in [-0.05, 0) is 12.1 Å². The van der Waals surface area contributed by atoms with Crippen LogP contribution in [0.5, 0.6) is 5.75 Å². The summed E-state index contributed by atoms with van der Waals surface area (Å²) in [4.78, 5) is 0. The smallest absolute Gasteiger partial charge is 0.321 e. The molecule has 78 valence electrons. The molecule has 2 rings (SSSR count). The molecule has 15 heavy (non-hydrogen) atoms. The maximum Gasteiger partial charge on any atom is 0.321 e. The molecule has 0 spiro atoms. The molecule has 0 amide bonds. The number of hydrogen-bond acceptors (Lipinski definition) is 6. The van der Waals surface area contributed by atoms with Gasteiger partial charge in [-0.25, -0.2) is 0 Å². The van der Waals surface area contributed by atoms with Gasteiger partial charge in [0.05, 0.1) is 12.8 Å². The number of nitrogens with two attached hydrogens (primary N) is 1. The minimum absolute atomic E-state index is 0.0207. The highest BCUT2D eigenvalue weighted by molar-refractivity contribution is 5.61. The van der Waals surface area contributed by atoms with Crippen LogP contribution in [0.2, 0.25) is 0 Å². The molecule has 0 aliphatic carbocycles. The zero-order chi connectivity index (χ0) is 10.7. The molecule has 1 aromatic carbocycles. The number of nitrogens with one attached hydrogen (secondary N) is 1. The van der Waals surface area contributed by atoms with Gasteiger partial charge >= 0.3 is 12.0 Å². The van der Waals surface area contributed by atoms with Crippen molar-refractivity contribution in [1.82, 2.24) is 10.2 Å². The standard InChI is InChI=1S/C9H10N4O2/c1-14-7-5-3-2-4-6(7)11-9-13-12-8(10)15-9/h2-5H,1H3,(H2,10,12)(H,11,13). The van der Waals surface area contributed by atoms with E-state index in [-0.39, 0.29) is 12.0 Å². The van der Waals surface area contributed by atoms with Crippen LogP contribution in [0.4, 0.5) is 17.7 Å². The third kappa shape index (κ3) is 1.98. The number of ether oxygens (including phenoxy) is 1. The molecule has 0 aliphatic heterocycles. The van der Waals surface area contributed by atoms with Gasteiger partial charge in [0.15, 0.2) is 0 Å². The maximum absolute atomic E-state index is 5.29. The predicted octanol–water partition coefficient (Wildman–Crippen LogP) is 1.40. The lowest BCUT2D eigenvalue weighted by Crippen LogP contribution is -1.94. The van der Waals surface area contributed by atoms with Crippen molar-refractivity contribution in [2.75, 3.05) is 18.2 Å². The van der Waals surface area contributed by atoms with Gasteiger partial charge in [0.1, 0.15) is 5.75 Å². The Balaban J connectivity index is 2.23. The van der Waals surface area contributed by atoms with Crippen LogP contribution in [0, 0.1) is 0 Å². The lowest BCUT2D eigenvalue weighted by atomic mass is 10.3. The van der Waals surface area contributed by atoms with Crippen LogP contribution >= 0.6 is 0 Å². The fraction of sp³-hybridized carbons (Fsp3) is 0.111. The van der Waals surface area contributed by atoms with E-state index in [0.29, 0.717) is 5.75 Å². The number of methoxy groups -OCH3 is 1. The predicted molar refractivity (Wildman–Crippen MR) is 55.0 cm³/mol. The van der Waals surface area contributed by atoms with Crippen molar-refractivity contribution >= 4 is 17.7 Å². The summed E-state index contributed by atoms with van der Waals surface area (Å²) in [5.41, 5.74) is 6.03. The van der Waals surface area contributed by atoms with Gasteiger partial charge in [-0.3, -0.25) is 0 Å². The Labute approximate surface area is 86.1 Å². The van der Waals surface area contributed by atoms with Crippen molar-refractivity contribution < 1.29 is 9.15 Å². The Morgan fingerprint density at radius 1 is 1.33 bits per heavy atom. The van der Waals surface area contributed by atoms with Crippen molar-refractivity contribution in [1.29, 1.82) is 0 Å². The Hall–Kier alpha value is -2.24. The van der Waals surface area contributed by atoms with E-state index < -0.39 is 0 Å². The van der Waals surface area contributed by atoms with E-state index >= 15 is 0 Å². The summed E-state index contributed by atoms with van der Waals surface area (Å²) in [7, 11) is 1.59. The number of benzene rings is 1. The van der Waals surface area contributed by atoms with E-state index in [2.05, 4.69) is 15.5 Å². The molecular formula is C9H10N4O2. The lowest BCUT2D eigenvalue weighted by Gasteiger charge is -2.06. The number of hydrogen-bond donors (Lipinski definition) is 2. The summed E-state index contributed by atoms with van der Waals surface area (Å²) in [6.45, 7) is 0. The van der Waals surface area contributed by atoms with E-state index in [1.165, 1.54) is 0 Å². The van der Waals surface area contributed by atoms with E-state index in [1.807, 2.05) is 24.3 Å². The highest BCUT2D eigenvalue weighted by Gasteiger charge is 2.06. The van der Waals surface area contributed by atoms with E-state index in [1.54, 1.807) is 7.11 Å². The molecule has 6 nitrogen and oxygen atoms in total. The second-order valence-electron chi connectivity index (χ2n) is 2.77. The molecule has 1 aromatic heterocycles. The first-order valence-corrected chi connectivity index (χ1v) is 4.28. The summed E-state index contributed by atoms with van der Waals surface area (Å²) in [6.07, 6.45) is 0. The van der Waals surface area contributed by atoms with E-state index in [4.69, 9.17) is 14.9 Å². The van der Waals surface area contributed by atoms with Gasteiger partial charge < -0.3 is 20.2 Å². The molecule has 0 saturated carbocycles. The molecule has 0 radical (unpaired) electrons. The van der Waals surface area contributed by atoms with Crippen LogP contribution in [0.3, 0.4) is 0 Å². The monoisotopic (exact) mass is 206 g/mol. The third-order valence-electron chi connectivity index (χ3n) is 1.79. The summed E-state index contributed by atoms with van der Waals surface area (Å²) >= 11 is 0. The molecule has 0 unspecified atom stereocenters. The van der Waals surface area contributed by atoms with E-state index in [0.717, 1.165) is 5.69 Å². The first kappa shape index (κ1) is 9.32. The summed E-state index contributed by atoms with van der Waals surface area (Å²) in [5, 5.41) is 10.1. The van der Waals surface area contributed by atoms with Gasteiger partial charge in [0.2, 0.25) is 0 Å². The summed E-state index contributed by atoms with van der Waals surface area (Å²) in [5.74, 6) is 0.689. The molecule has 0 atom stereocenters. The average molecular weight is 206 g/mol. The minimum atomic E-state index is 0.0207. The topological polar surface area (TPSA) is 86.2 Å². The van der Waals surface area contributed by atoms with E-state index in [9.17, 15) is 0 Å². The molecule has 0 fully saturated rings. The highest BCUT2D eigenvalue weighted by atomic mass is 16.5. The Kier molecular flexibility index (Phi) is 2.40. The van der Waals surface area contributed by atoms with Crippen LogP contribution in [0.25, 0.3) is 0 Å². The summed E-state index contributed by atoms with van der Waals surface area (Å²) < 4.78 is 10.1. The van der Waals surface area contributed by atoms with Gasteiger partial charge in [-0.2, -0.15) is 0 Å². The number of anilines is 3. The minimum Gasteiger partial charge on any atom is -0.495 e. The number of para-hydroxylation sites is 2. The van der Waals surface area contributed by atoms with Crippen molar-refractivity contribution in [3.8, 4) is 5.75 Å². The largest absolute Gasteiger partial charge is 0.495 e. The molecule has 6 heteroatoms. The molecule has 0 bridgehead atoms. The molecular weight excluding hydrogens is 196 g/mol. The van der Waals surface area contributed by atoms with Crippen molar-refractivity contribution in [2.45, 2.75) is 0 Å². The summed E-state index contributed by atoms with van der Waals surface area (Å²) in [6, 6.07) is 7.64. The Morgan fingerprint density at radius 2 is 2.13 bits per heavy atom. The second kappa shape index (κ2) is 3.87. The van der Waals surface area contributed by atoms with Crippen molar-refractivity contribution in [3.05, 3.63) is 24.3 Å².